The van der Waals surface area contributed by atoms with E-state index < -0.39 is 0 Å². The summed E-state index contributed by atoms with van der Waals surface area (Å²) in [5.41, 5.74) is 3.18. The maximum Gasteiger partial charge on any atom is 0.218 e. The van der Waals surface area contributed by atoms with E-state index >= 15 is 0 Å². The zero-order chi connectivity index (χ0) is 19.7. The fraction of sp³-hybridized carbons (Fsp3) is 0.455. The molecule has 0 aromatic carbocycles. The van der Waals surface area contributed by atoms with E-state index in [0.717, 1.165) is 22.5 Å². The van der Waals surface area contributed by atoms with Crippen molar-refractivity contribution in [1.82, 2.24) is 9.97 Å². The van der Waals surface area contributed by atoms with Crippen molar-refractivity contribution in [3.63, 3.8) is 0 Å². The first-order valence-electron chi connectivity index (χ1n) is 9.87. The third-order valence-corrected chi connectivity index (χ3v) is 5.19. The van der Waals surface area contributed by atoms with Crippen LogP contribution in [-0.2, 0) is 9.47 Å². The molecule has 6 heteroatoms. The number of aromatic nitrogens is 2. The lowest BCUT2D eigenvalue weighted by molar-refractivity contribution is 0.291. The van der Waals surface area contributed by atoms with Gasteiger partial charge in [-0.25, -0.2) is 9.98 Å². The summed E-state index contributed by atoms with van der Waals surface area (Å²) in [5.74, 6) is 2.12. The molecule has 6 nitrogen and oxygen atoms in total. The van der Waals surface area contributed by atoms with Crippen LogP contribution in [0.2, 0.25) is 0 Å². The highest BCUT2D eigenvalue weighted by atomic mass is 16.5. The van der Waals surface area contributed by atoms with Crippen LogP contribution >= 0.6 is 0 Å². The van der Waals surface area contributed by atoms with E-state index in [2.05, 4.69) is 37.7 Å². The van der Waals surface area contributed by atoms with E-state index in [1.807, 2.05) is 24.3 Å². The fourth-order valence-corrected chi connectivity index (χ4v) is 3.29. The second-order valence-electron chi connectivity index (χ2n) is 7.91. The van der Waals surface area contributed by atoms with Crippen molar-refractivity contribution in [2.75, 3.05) is 13.2 Å². The zero-order valence-corrected chi connectivity index (χ0v) is 16.8. The molecular weight excluding hydrogens is 352 g/mol. The van der Waals surface area contributed by atoms with Crippen molar-refractivity contribution in [2.45, 2.75) is 39.8 Å². The molecule has 0 N–H and O–H groups in total. The van der Waals surface area contributed by atoms with Gasteiger partial charge in [-0.2, -0.15) is 0 Å². The average molecular weight is 378 g/mol. The minimum absolute atomic E-state index is 0.167. The van der Waals surface area contributed by atoms with E-state index in [4.69, 9.17) is 19.5 Å². The topological polar surface area (TPSA) is 69.0 Å². The molecule has 0 aliphatic carbocycles. The molecule has 0 fully saturated rings. The van der Waals surface area contributed by atoms with Gasteiger partial charge < -0.3 is 9.47 Å². The van der Waals surface area contributed by atoms with Gasteiger partial charge in [0.05, 0.1) is 23.2 Å². The first kappa shape index (κ1) is 18.6. The van der Waals surface area contributed by atoms with Crippen LogP contribution in [-0.4, -0.2) is 47.1 Å². The lowest BCUT2D eigenvalue weighted by Gasteiger charge is -2.11. The van der Waals surface area contributed by atoms with Gasteiger partial charge in [0.25, 0.3) is 0 Å². The molecule has 2 aromatic heterocycles. The lowest BCUT2D eigenvalue weighted by Crippen LogP contribution is -2.13. The molecule has 0 radical (unpaired) electrons. The van der Waals surface area contributed by atoms with Crippen molar-refractivity contribution in [3.8, 4) is 11.4 Å². The SMILES string of the molecule is CC(C)[C@H]1COC(c2cccnc2-c2ncccc2C2=N[C@@H](C(C)C)CO2)=N1. The Kier molecular flexibility index (Phi) is 5.11. The predicted molar refractivity (Wildman–Crippen MR) is 110 cm³/mol. The van der Waals surface area contributed by atoms with E-state index in [9.17, 15) is 0 Å². The number of pyridine rings is 2. The molecule has 2 aromatic rings. The van der Waals surface area contributed by atoms with E-state index in [1.165, 1.54) is 0 Å². The maximum absolute atomic E-state index is 5.91. The van der Waals surface area contributed by atoms with Crippen LogP contribution in [0.25, 0.3) is 11.4 Å². The summed E-state index contributed by atoms with van der Waals surface area (Å²) in [5, 5.41) is 0. The molecule has 2 aliphatic rings. The van der Waals surface area contributed by atoms with Crippen molar-refractivity contribution in [3.05, 3.63) is 47.8 Å². The Bertz CT molecular complexity index is 845. The van der Waals surface area contributed by atoms with Crippen LogP contribution in [0, 0.1) is 11.8 Å². The van der Waals surface area contributed by atoms with Gasteiger partial charge in [0, 0.05) is 12.4 Å². The van der Waals surface area contributed by atoms with Crippen LogP contribution in [0.5, 0.6) is 0 Å². The summed E-state index contributed by atoms with van der Waals surface area (Å²) >= 11 is 0. The van der Waals surface area contributed by atoms with Gasteiger partial charge in [0.1, 0.15) is 24.6 Å². The van der Waals surface area contributed by atoms with E-state index in [0.29, 0.717) is 36.8 Å². The molecule has 2 atom stereocenters. The highest BCUT2D eigenvalue weighted by Gasteiger charge is 2.29. The Balaban J connectivity index is 1.76. The van der Waals surface area contributed by atoms with Crippen molar-refractivity contribution in [2.24, 2.45) is 21.8 Å². The van der Waals surface area contributed by atoms with Crippen LogP contribution < -0.4 is 0 Å². The number of hydrogen-bond acceptors (Lipinski definition) is 6. The standard InChI is InChI=1S/C22H26N4O2/c1-13(2)17-11-27-21(25-17)15-7-5-9-23-19(15)20-16(8-6-10-24-20)22-26-18(12-28-22)14(3)4/h5-10,13-14,17-18H,11-12H2,1-4H3/t17-,18-/m1/s1. The van der Waals surface area contributed by atoms with Gasteiger partial charge in [-0.1, -0.05) is 27.7 Å². The second kappa shape index (κ2) is 7.70. The Labute approximate surface area is 165 Å². The highest BCUT2D eigenvalue weighted by Crippen LogP contribution is 2.29. The predicted octanol–water partition coefficient (Wildman–Crippen LogP) is 3.75. The molecule has 4 heterocycles. The first-order chi connectivity index (χ1) is 13.5. The van der Waals surface area contributed by atoms with E-state index in [1.54, 1.807) is 12.4 Å². The minimum Gasteiger partial charge on any atom is -0.475 e. The van der Waals surface area contributed by atoms with Gasteiger partial charge in [0.2, 0.25) is 11.8 Å². The molecule has 0 spiro atoms. The molecule has 0 saturated carbocycles. The number of rotatable bonds is 5. The number of ether oxygens (including phenoxy) is 2. The Morgan fingerprint density at radius 3 is 1.54 bits per heavy atom. The summed E-state index contributed by atoms with van der Waals surface area (Å²) in [7, 11) is 0. The third-order valence-electron chi connectivity index (χ3n) is 5.19. The molecule has 0 unspecified atom stereocenters. The smallest absolute Gasteiger partial charge is 0.218 e. The van der Waals surface area contributed by atoms with Crippen LogP contribution in [0.4, 0.5) is 0 Å². The second-order valence-corrected chi connectivity index (χ2v) is 7.91. The van der Waals surface area contributed by atoms with Crippen molar-refractivity contribution in [1.29, 1.82) is 0 Å². The largest absolute Gasteiger partial charge is 0.475 e. The Morgan fingerprint density at radius 1 is 0.750 bits per heavy atom. The van der Waals surface area contributed by atoms with Gasteiger partial charge in [0.15, 0.2) is 0 Å². The molecule has 0 saturated heterocycles. The quantitative estimate of drug-likeness (QED) is 0.795. The van der Waals surface area contributed by atoms with Crippen LogP contribution in [0.3, 0.4) is 0 Å². The normalized spacial score (nSPS) is 21.5. The molecular formula is C22H26N4O2. The molecule has 0 amide bonds. The molecule has 4 rings (SSSR count). The van der Waals surface area contributed by atoms with Gasteiger partial charge in [-0.15, -0.1) is 0 Å². The number of nitrogens with zero attached hydrogens (tertiary/aromatic N) is 4. The molecule has 28 heavy (non-hydrogen) atoms. The summed E-state index contributed by atoms with van der Waals surface area (Å²) in [4.78, 5) is 18.8. The summed E-state index contributed by atoms with van der Waals surface area (Å²) in [6, 6.07) is 8.09. The van der Waals surface area contributed by atoms with Crippen LogP contribution in [0.1, 0.15) is 38.8 Å². The summed E-state index contributed by atoms with van der Waals surface area (Å²) in [6.45, 7) is 9.82. The third kappa shape index (κ3) is 3.51. The van der Waals surface area contributed by atoms with E-state index in [-0.39, 0.29) is 12.1 Å². The minimum atomic E-state index is 0.167. The van der Waals surface area contributed by atoms with Crippen molar-refractivity contribution >= 4 is 11.8 Å². The monoisotopic (exact) mass is 378 g/mol. The van der Waals surface area contributed by atoms with Crippen molar-refractivity contribution < 1.29 is 9.47 Å². The fourth-order valence-electron chi connectivity index (χ4n) is 3.29. The summed E-state index contributed by atoms with van der Waals surface area (Å²) < 4.78 is 11.8. The van der Waals surface area contributed by atoms with Crippen LogP contribution in [0.15, 0.2) is 46.6 Å². The molecule has 0 bridgehead atoms. The van der Waals surface area contributed by atoms with Gasteiger partial charge >= 0.3 is 0 Å². The molecule has 2 aliphatic heterocycles. The lowest BCUT2D eigenvalue weighted by atomic mass is 10.0. The average Bonchev–Trinajstić information content (AvgIpc) is 3.38. The number of aliphatic imine (C=N–C) groups is 2. The Hall–Kier alpha value is -2.76. The summed E-state index contributed by atoms with van der Waals surface area (Å²) in [6.07, 6.45) is 3.53. The maximum atomic E-state index is 5.91. The zero-order valence-electron chi connectivity index (χ0n) is 16.8. The highest BCUT2D eigenvalue weighted by molar-refractivity contribution is 6.05. The van der Waals surface area contributed by atoms with Gasteiger partial charge in [-0.3, -0.25) is 9.97 Å². The van der Waals surface area contributed by atoms with Gasteiger partial charge in [-0.05, 0) is 36.1 Å². The first-order valence-corrected chi connectivity index (χ1v) is 9.87. The number of hydrogen-bond donors (Lipinski definition) is 0. The Morgan fingerprint density at radius 2 is 1.18 bits per heavy atom. The molecule has 146 valence electrons.